The quantitative estimate of drug-likeness (QED) is 0.902. The van der Waals surface area contributed by atoms with Crippen molar-refractivity contribution in [3.05, 3.63) is 35.4 Å². The number of hydrogen-bond acceptors (Lipinski definition) is 4. The Hall–Kier alpha value is -1.60. The van der Waals surface area contributed by atoms with E-state index < -0.39 is 9.84 Å². The number of sulfone groups is 1. The molecule has 6 nitrogen and oxygen atoms in total. The molecule has 2 atom stereocenters. The van der Waals surface area contributed by atoms with E-state index in [0.717, 1.165) is 11.1 Å². The predicted molar refractivity (Wildman–Crippen MR) is 88.8 cm³/mol. The molecule has 0 unspecified atom stereocenters. The van der Waals surface area contributed by atoms with Crippen molar-refractivity contribution in [1.82, 2.24) is 10.2 Å². The van der Waals surface area contributed by atoms with E-state index in [9.17, 15) is 13.2 Å². The Balaban J connectivity index is 2.02. The maximum atomic E-state index is 12.4. The van der Waals surface area contributed by atoms with Crippen molar-refractivity contribution in [2.75, 3.05) is 19.4 Å². The monoisotopic (exact) mass is 340 g/mol. The summed E-state index contributed by atoms with van der Waals surface area (Å²) in [4.78, 5) is 14.1. The van der Waals surface area contributed by atoms with Crippen LogP contribution in [-0.2, 0) is 26.9 Å². The Morgan fingerprint density at radius 2 is 1.96 bits per heavy atom. The summed E-state index contributed by atoms with van der Waals surface area (Å²) in [6, 6.07) is 7.14. The van der Waals surface area contributed by atoms with Crippen molar-refractivity contribution in [2.24, 2.45) is 0 Å². The lowest BCUT2D eigenvalue weighted by Gasteiger charge is -2.36. The van der Waals surface area contributed by atoms with E-state index >= 15 is 0 Å². The van der Waals surface area contributed by atoms with Gasteiger partial charge in [0.05, 0.1) is 24.5 Å². The summed E-state index contributed by atoms with van der Waals surface area (Å²) in [5, 5.41) is 2.88. The smallest absolute Gasteiger partial charge is 0.318 e. The zero-order chi connectivity index (χ0) is 17.0. The van der Waals surface area contributed by atoms with Crippen LogP contribution >= 0.6 is 0 Å². The van der Waals surface area contributed by atoms with Gasteiger partial charge >= 0.3 is 6.03 Å². The fraction of sp³-hybridized carbons (Fsp3) is 0.562. The molecule has 1 aromatic rings. The second-order valence-electron chi connectivity index (χ2n) is 6.14. The van der Waals surface area contributed by atoms with Gasteiger partial charge in [-0.3, -0.25) is 0 Å². The van der Waals surface area contributed by atoms with Crippen LogP contribution in [0.2, 0.25) is 0 Å². The minimum Gasteiger partial charge on any atom is -0.375 e. The molecule has 128 valence electrons. The second-order valence-corrected chi connectivity index (χ2v) is 8.28. The normalized spacial score (nSPS) is 22.0. The second kappa shape index (κ2) is 7.31. The van der Waals surface area contributed by atoms with E-state index in [2.05, 4.69) is 5.32 Å². The Kier molecular flexibility index (Phi) is 5.64. The van der Waals surface area contributed by atoms with Crippen LogP contribution in [0.5, 0.6) is 0 Å². The first-order valence-electron chi connectivity index (χ1n) is 7.67. The molecule has 1 heterocycles. The van der Waals surface area contributed by atoms with Crippen molar-refractivity contribution in [1.29, 1.82) is 0 Å². The number of ether oxygens (including phenoxy) is 1. The van der Waals surface area contributed by atoms with Crippen LogP contribution in [-0.4, -0.2) is 50.9 Å². The van der Waals surface area contributed by atoms with Crippen LogP contribution in [0.3, 0.4) is 0 Å². The molecule has 0 aromatic heterocycles. The van der Waals surface area contributed by atoms with Crippen LogP contribution < -0.4 is 5.32 Å². The molecule has 7 heteroatoms. The molecule has 1 N–H and O–H groups in total. The van der Waals surface area contributed by atoms with Gasteiger partial charge in [0.1, 0.15) is 0 Å². The summed E-state index contributed by atoms with van der Waals surface area (Å²) in [6.45, 7) is 5.27. The zero-order valence-corrected chi connectivity index (χ0v) is 14.6. The van der Waals surface area contributed by atoms with Gasteiger partial charge in [0.25, 0.3) is 0 Å². The molecule has 23 heavy (non-hydrogen) atoms. The number of carbonyl (C=O) groups is 1. The molecule has 0 spiro atoms. The summed E-state index contributed by atoms with van der Waals surface area (Å²) < 4.78 is 28.5. The lowest BCUT2D eigenvalue weighted by atomic mass is 10.1. The summed E-state index contributed by atoms with van der Waals surface area (Å²) in [5.41, 5.74) is 1.54. The van der Waals surface area contributed by atoms with Crippen LogP contribution in [0.4, 0.5) is 4.79 Å². The van der Waals surface area contributed by atoms with E-state index in [1.807, 2.05) is 26.0 Å². The SMILES string of the molecule is C[C@@H]1CN(C(=O)NCc2ccccc2CS(C)(=O)=O)[C@@H](C)CO1. The number of carbonyl (C=O) groups excluding carboxylic acids is 1. The van der Waals surface area contributed by atoms with Crippen molar-refractivity contribution in [3.63, 3.8) is 0 Å². The van der Waals surface area contributed by atoms with Crippen molar-refractivity contribution in [3.8, 4) is 0 Å². The summed E-state index contributed by atoms with van der Waals surface area (Å²) in [6.07, 6.45) is 1.23. The number of nitrogens with zero attached hydrogens (tertiary/aromatic N) is 1. The minimum atomic E-state index is -3.11. The van der Waals surface area contributed by atoms with Crippen molar-refractivity contribution < 1.29 is 17.9 Å². The van der Waals surface area contributed by atoms with Gasteiger partial charge < -0.3 is 15.0 Å². The molecule has 0 aliphatic carbocycles. The molecule has 0 radical (unpaired) electrons. The lowest BCUT2D eigenvalue weighted by Crippen LogP contribution is -2.53. The lowest BCUT2D eigenvalue weighted by molar-refractivity contribution is -0.0318. The average Bonchev–Trinajstić information content (AvgIpc) is 2.47. The number of nitrogens with one attached hydrogen (secondary N) is 1. The van der Waals surface area contributed by atoms with Gasteiger partial charge in [0, 0.05) is 19.3 Å². The van der Waals surface area contributed by atoms with Gasteiger partial charge in [-0.1, -0.05) is 24.3 Å². The topological polar surface area (TPSA) is 75.7 Å². The largest absolute Gasteiger partial charge is 0.375 e. The molecule has 0 bridgehead atoms. The predicted octanol–water partition coefficient (Wildman–Crippen LogP) is 1.55. The standard InChI is InChI=1S/C16H24N2O4S/c1-12-10-22-13(2)9-18(12)16(19)17-8-14-6-4-5-7-15(14)11-23(3,20)21/h4-7,12-13H,8-11H2,1-3H3,(H,17,19)/t12-,13+/m0/s1. The molecule has 1 aliphatic rings. The fourth-order valence-corrected chi connectivity index (χ4v) is 3.46. The molecule has 1 fully saturated rings. The molecule has 2 rings (SSSR count). The van der Waals surface area contributed by atoms with E-state index in [4.69, 9.17) is 4.74 Å². The zero-order valence-electron chi connectivity index (χ0n) is 13.8. The van der Waals surface area contributed by atoms with E-state index in [0.29, 0.717) is 19.7 Å². The fourth-order valence-electron chi connectivity index (χ4n) is 2.61. The number of rotatable bonds is 4. The highest BCUT2D eigenvalue weighted by atomic mass is 32.2. The van der Waals surface area contributed by atoms with Crippen LogP contribution in [0, 0.1) is 0 Å². The number of urea groups is 1. The van der Waals surface area contributed by atoms with Crippen molar-refractivity contribution >= 4 is 15.9 Å². The number of hydrogen-bond donors (Lipinski definition) is 1. The molecule has 2 amide bonds. The van der Waals surface area contributed by atoms with Gasteiger partial charge in [-0.05, 0) is 25.0 Å². The van der Waals surface area contributed by atoms with Gasteiger partial charge in [-0.15, -0.1) is 0 Å². The third-order valence-corrected chi connectivity index (χ3v) is 4.67. The highest BCUT2D eigenvalue weighted by Gasteiger charge is 2.27. The van der Waals surface area contributed by atoms with E-state index in [1.165, 1.54) is 6.26 Å². The van der Waals surface area contributed by atoms with Crippen LogP contribution in [0.1, 0.15) is 25.0 Å². The Labute approximate surface area is 137 Å². The highest BCUT2D eigenvalue weighted by Crippen LogP contribution is 2.14. The number of morpholine rings is 1. The maximum Gasteiger partial charge on any atom is 0.318 e. The highest BCUT2D eigenvalue weighted by molar-refractivity contribution is 7.89. The number of amides is 2. The van der Waals surface area contributed by atoms with Gasteiger partial charge in [0.15, 0.2) is 9.84 Å². The van der Waals surface area contributed by atoms with Crippen LogP contribution in [0.15, 0.2) is 24.3 Å². The molecular formula is C16H24N2O4S. The van der Waals surface area contributed by atoms with Gasteiger partial charge in [-0.25, -0.2) is 13.2 Å². The first kappa shape index (κ1) is 17.7. The minimum absolute atomic E-state index is 0.0227. The molecule has 0 saturated carbocycles. The maximum absolute atomic E-state index is 12.4. The Bertz CT molecular complexity index is 660. The molecular weight excluding hydrogens is 316 g/mol. The first-order valence-corrected chi connectivity index (χ1v) is 9.73. The van der Waals surface area contributed by atoms with Gasteiger partial charge in [0.2, 0.25) is 0 Å². The number of benzene rings is 1. The first-order chi connectivity index (χ1) is 10.8. The third kappa shape index (κ3) is 5.21. The molecule has 1 saturated heterocycles. The summed E-state index contributed by atoms with van der Waals surface area (Å²) in [7, 11) is -3.11. The van der Waals surface area contributed by atoms with E-state index in [-0.39, 0.29) is 23.9 Å². The molecule has 1 aliphatic heterocycles. The Morgan fingerprint density at radius 3 is 2.61 bits per heavy atom. The van der Waals surface area contributed by atoms with Gasteiger partial charge in [-0.2, -0.15) is 0 Å². The third-order valence-electron chi connectivity index (χ3n) is 3.83. The molecule has 1 aromatic carbocycles. The van der Waals surface area contributed by atoms with Crippen LogP contribution in [0.25, 0.3) is 0 Å². The van der Waals surface area contributed by atoms with Crippen molar-refractivity contribution in [2.45, 2.75) is 38.3 Å². The summed E-state index contributed by atoms with van der Waals surface area (Å²) >= 11 is 0. The summed E-state index contributed by atoms with van der Waals surface area (Å²) in [5.74, 6) is -0.0238. The van der Waals surface area contributed by atoms with E-state index in [1.54, 1.807) is 17.0 Å². The average molecular weight is 340 g/mol. The Morgan fingerprint density at radius 1 is 1.30 bits per heavy atom.